The second-order valence-corrected chi connectivity index (χ2v) is 6.18. The Morgan fingerprint density at radius 3 is 2.48 bits per heavy atom. The summed E-state index contributed by atoms with van der Waals surface area (Å²) in [7, 11) is 0. The van der Waals surface area contributed by atoms with Gasteiger partial charge in [-0.1, -0.05) is 30.3 Å². The van der Waals surface area contributed by atoms with E-state index < -0.39 is 0 Å². The largest absolute Gasteiger partial charge is 0.397 e. The first-order valence-corrected chi connectivity index (χ1v) is 7.50. The van der Waals surface area contributed by atoms with Crippen LogP contribution >= 0.6 is 12.4 Å². The smallest absolute Gasteiger partial charge is 0.226 e. The van der Waals surface area contributed by atoms with E-state index in [9.17, 15) is 4.79 Å². The number of nitrogens with zero attached hydrogens (tertiary/aromatic N) is 1. The summed E-state index contributed by atoms with van der Waals surface area (Å²) in [5, 5.41) is 3.08. The first-order valence-electron chi connectivity index (χ1n) is 7.50. The second-order valence-electron chi connectivity index (χ2n) is 6.18. The normalized spacial score (nSPS) is 10.7. The molecule has 0 unspecified atom stereocenters. The minimum absolute atomic E-state index is 0. The number of hydrogen-bond acceptors (Lipinski definition) is 3. The lowest BCUT2D eigenvalue weighted by molar-refractivity contribution is -0.122. The molecule has 0 aliphatic carbocycles. The number of carbonyl (C=O) groups excluding carboxylic acids is 1. The molecule has 4 nitrogen and oxygen atoms in total. The number of aryl methyl sites for hydroxylation is 1. The van der Waals surface area contributed by atoms with E-state index in [1.54, 1.807) is 18.3 Å². The maximum Gasteiger partial charge on any atom is 0.226 e. The van der Waals surface area contributed by atoms with Gasteiger partial charge in [0.25, 0.3) is 0 Å². The number of nitrogens with one attached hydrogen (secondary N) is 1. The zero-order chi connectivity index (χ0) is 16.0. The Morgan fingerprint density at radius 1 is 1.17 bits per heavy atom. The van der Waals surface area contributed by atoms with E-state index in [1.165, 1.54) is 5.56 Å². The molecule has 23 heavy (non-hydrogen) atoms. The lowest BCUT2D eigenvalue weighted by Gasteiger charge is -2.26. The average Bonchev–Trinajstić information content (AvgIpc) is 2.48. The fraction of sp³-hybridized carbons (Fsp3) is 0.333. The van der Waals surface area contributed by atoms with Gasteiger partial charge in [-0.3, -0.25) is 9.78 Å². The van der Waals surface area contributed by atoms with Crippen LogP contribution in [0.4, 0.5) is 5.69 Å². The Bertz CT molecular complexity index is 612. The fourth-order valence-corrected chi connectivity index (χ4v) is 2.29. The summed E-state index contributed by atoms with van der Waals surface area (Å²) < 4.78 is 0. The molecule has 0 spiro atoms. The summed E-state index contributed by atoms with van der Waals surface area (Å²) in [5.41, 5.74) is 7.96. The van der Waals surface area contributed by atoms with Crippen molar-refractivity contribution >= 4 is 24.0 Å². The molecule has 0 aliphatic heterocycles. The summed E-state index contributed by atoms with van der Waals surface area (Å²) in [5.74, 6) is -0.0182. The summed E-state index contributed by atoms with van der Waals surface area (Å²) in [6, 6.07) is 13.8. The topological polar surface area (TPSA) is 68.0 Å². The Kier molecular flexibility index (Phi) is 7.04. The average molecular weight is 334 g/mol. The van der Waals surface area contributed by atoms with Crippen molar-refractivity contribution in [2.45, 2.75) is 38.6 Å². The monoisotopic (exact) mass is 333 g/mol. The van der Waals surface area contributed by atoms with Crippen LogP contribution in [0.15, 0.2) is 48.7 Å². The number of benzene rings is 1. The standard InChI is InChI=1S/C18H23N3O.ClH/c1-18(2,11-10-14-6-4-3-5-7-14)21-17(22)12-16-9-8-15(19)13-20-16;/h3-9,13H,10-12,19H2,1-2H3,(H,21,22);1H. The van der Waals surface area contributed by atoms with Crippen molar-refractivity contribution in [1.29, 1.82) is 0 Å². The quantitative estimate of drug-likeness (QED) is 0.853. The molecule has 0 saturated carbocycles. The predicted molar refractivity (Wildman–Crippen MR) is 96.6 cm³/mol. The minimum Gasteiger partial charge on any atom is -0.397 e. The van der Waals surface area contributed by atoms with Crippen molar-refractivity contribution in [3.63, 3.8) is 0 Å². The molecule has 2 aromatic rings. The number of nitrogen functional groups attached to an aromatic ring is 1. The number of aromatic nitrogens is 1. The maximum atomic E-state index is 12.1. The van der Waals surface area contributed by atoms with Gasteiger partial charge in [0.05, 0.1) is 18.3 Å². The molecule has 0 aliphatic rings. The molecular weight excluding hydrogens is 310 g/mol. The molecule has 2 rings (SSSR count). The molecule has 0 fully saturated rings. The first-order chi connectivity index (χ1) is 10.4. The van der Waals surface area contributed by atoms with Crippen LogP contribution in [0.2, 0.25) is 0 Å². The van der Waals surface area contributed by atoms with Gasteiger partial charge in [0.15, 0.2) is 0 Å². The van der Waals surface area contributed by atoms with E-state index in [1.807, 2.05) is 32.0 Å². The number of amides is 1. The van der Waals surface area contributed by atoms with Crippen LogP contribution in [0.3, 0.4) is 0 Å². The second kappa shape index (κ2) is 8.53. The van der Waals surface area contributed by atoms with Gasteiger partial charge in [-0.15, -0.1) is 12.4 Å². The van der Waals surface area contributed by atoms with E-state index in [0.717, 1.165) is 18.5 Å². The molecule has 124 valence electrons. The zero-order valence-electron chi connectivity index (χ0n) is 13.6. The van der Waals surface area contributed by atoms with Crippen LogP contribution in [0.1, 0.15) is 31.5 Å². The zero-order valence-corrected chi connectivity index (χ0v) is 14.4. The van der Waals surface area contributed by atoms with Gasteiger partial charge in [0.1, 0.15) is 0 Å². The third-order valence-corrected chi connectivity index (χ3v) is 3.55. The highest BCUT2D eigenvalue weighted by Gasteiger charge is 2.20. The molecule has 1 aromatic carbocycles. The molecule has 0 radical (unpaired) electrons. The van der Waals surface area contributed by atoms with Crippen LogP contribution in [0.25, 0.3) is 0 Å². The minimum atomic E-state index is -0.249. The van der Waals surface area contributed by atoms with Gasteiger partial charge in [-0.05, 0) is 44.4 Å². The molecule has 1 aromatic heterocycles. The summed E-state index contributed by atoms with van der Waals surface area (Å²) >= 11 is 0. The lowest BCUT2D eigenvalue weighted by atomic mass is 9.95. The van der Waals surface area contributed by atoms with Crippen molar-refractivity contribution < 1.29 is 4.79 Å². The summed E-state index contributed by atoms with van der Waals surface area (Å²) in [6.45, 7) is 4.09. The number of hydrogen-bond donors (Lipinski definition) is 2. The molecule has 0 saturated heterocycles. The number of nitrogens with two attached hydrogens (primary N) is 1. The van der Waals surface area contributed by atoms with E-state index in [4.69, 9.17) is 5.73 Å². The van der Waals surface area contributed by atoms with Crippen molar-refractivity contribution in [1.82, 2.24) is 10.3 Å². The van der Waals surface area contributed by atoms with Gasteiger partial charge in [0, 0.05) is 11.2 Å². The maximum absolute atomic E-state index is 12.1. The predicted octanol–water partition coefficient (Wildman–Crippen LogP) is 3.16. The van der Waals surface area contributed by atoms with Crippen molar-refractivity contribution in [3.8, 4) is 0 Å². The van der Waals surface area contributed by atoms with E-state index in [2.05, 4.69) is 22.4 Å². The highest BCUT2D eigenvalue weighted by Crippen LogP contribution is 2.14. The van der Waals surface area contributed by atoms with E-state index in [0.29, 0.717) is 5.69 Å². The number of halogens is 1. The van der Waals surface area contributed by atoms with Crippen molar-refractivity contribution in [2.75, 3.05) is 5.73 Å². The lowest BCUT2D eigenvalue weighted by Crippen LogP contribution is -2.44. The van der Waals surface area contributed by atoms with Gasteiger partial charge in [-0.25, -0.2) is 0 Å². The van der Waals surface area contributed by atoms with Gasteiger partial charge in [-0.2, -0.15) is 0 Å². The molecule has 3 N–H and O–H groups in total. The van der Waals surface area contributed by atoms with Crippen LogP contribution in [0.5, 0.6) is 0 Å². The first kappa shape index (κ1) is 19.0. The molecule has 1 heterocycles. The third-order valence-electron chi connectivity index (χ3n) is 3.55. The van der Waals surface area contributed by atoms with Crippen molar-refractivity contribution in [3.05, 3.63) is 59.9 Å². The van der Waals surface area contributed by atoms with Crippen LogP contribution < -0.4 is 11.1 Å². The molecule has 5 heteroatoms. The van der Waals surface area contributed by atoms with E-state index in [-0.39, 0.29) is 30.3 Å². The highest BCUT2D eigenvalue weighted by atomic mass is 35.5. The SMILES string of the molecule is CC(C)(CCc1ccccc1)NC(=O)Cc1ccc(N)cn1.Cl. The number of pyridine rings is 1. The van der Waals surface area contributed by atoms with Crippen molar-refractivity contribution in [2.24, 2.45) is 0 Å². The molecular formula is C18H24ClN3O. The Hall–Kier alpha value is -2.07. The third kappa shape index (κ3) is 6.70. The Labute approximate surface area is 143 Å². The summed E-state index contributed by atoms with van der Waals surface area (Å²) in [6.07, 6.45) is 3.67. The molecule has 0 bridgehead atoms. The highest BCUT2D eigenvalue weighted by molar-refractivity contribution is 5.85. The van der Waals surface area contributed by atoms with Crippen LogP contribution in [0, 0.1) is 0 Å². The van der Waals surface area contributed by atoms with Gasteiger partial charge >= 0.3 is 0 Å². The number of carbonyl (C=O) groups is 1. The summed E-state index contributed by atoms with van der Waals surface area (Å²) in [4.78, 5) is 16.3. The number of rotatable bonds is 6. The van der Waals surface area contributed by atoms with E-state index >= 15 is 0 Å². The number of anilines is 1. The Balaban J connectivity index is 0.00000264. The van der Waals surface area contributed by atoms with Gasteiger partial charge in [0.2, 0.25) is 5.91 Å². The van der Waals surface area contributed by atoms with Gasteiger partial charge < -0.3 is 11.1 Å². The fourth-order valence-electron chi connectivity index (χ4n) is 2.29. The van der Waals surface area contributed by atoms with Crippen LogP contribution in [-0.4, -0.2) is 16.4 Å². The molecule has 1 amide bonds. The Morgan fingerprint density at radius 2 is 1.87 bits per heavy atom. The van der Waals surface area contributed by atoms with Crippen LogP contribution in [-0.2, 0) is 17.6 Å². The molecule has 0 atom stereocenters.